The van der Waals surface area contributed by atoms with Crippen molar-refractivity contribution in [3.05, 3.63) is 65.7 Å². The topological polar surface area (TPSA) is 47.9 Å². The Morgan fingerprint density at radius 1 is 0.968 bits per heavy atom. The summed E-state index contributed by atoms with van der Waals surface area (Å²) in [5.41, 5.74) is 2.80. The maximum absolute atomic E-state index is 11.7. The summed E-state index contributed by atoms with van der Waals surface area (Å²) in [5, 5.41) is 0. The Morgan fingerprint density at radius 2 is 1.68 bits per heavy atom. The molecule has 2 aromatic carbocycles. The number of carbonyl (C=O) groups is 1. The van der Waals surface area contributed by atoms with Gasteiger partial charge in [0.15, 0.2) is 0 Å². The third kappa shape index (κ3) is 10.1. The maximum Gasteiger partial charge on any atom is 0.330 e. The lowest BCUT2D eigenvalue weighted by Gasteiger charge is -2.07. The molecular weight excluding hydrogens is 386 g/mol. The molecule has 0 spiro atoms. The number of hydrogen-bond donors (Lipinski definition) is 0. The predicted octanol–water partition coefficient (Wildman–Crippen LogP) is 7.00. The fourth-order valence-corrected chi connectivity index (χ4v) is 2.74. The highest BCUT2D eigenvalue weighted by Crippen LogP contribution is 2.16. The highest BCUT2D eigenvalue weighted by molar-refractivity contribution is 5.87. The molecule has 0 aliphatic rings. The highest BCUT2D eigenvalue weighted by Gasteiger charge is 2.02. The van der Waals surface area contributed by atoms with E-state index in [9.17, 15) is 4.79 Å². The average molecular weight is 422 g/mol. The lowest BCUT2D eigenvalue weighted by molar-refractivity contribution is -0.138. The molecule has 0 aliphatic heterocycles. The minimum Gasteiger partial charge on any atom is -0.494 e. The molecule has 0 aliphatic carbocycles. The lowest BCUT2D eigenvalue weighted by Crippen LogP contribution is -2.08. The number of aliphatic imine (C=N–C) groups is 1. The first-order valence-corrected chi connectivity index (χ1v) is 11.3. The predicted molar refractivity (Wildman–Crippen MR) is 129 cm³/mol. The van der Waals surface area contributed by atoms with Crippen molar-refractivity contribution in [3.63, 3.8) is 0 Å². The molecule has 1 atom stereocenters. The van der Waals surface area contributed by atoms with E-state index in [1.807, 2.05) is 54.7 Å². The van der Waals surface area contributed by atoms with Crippen molar-refractivity contribution in [1.29, 1.82) is 0 Å². The first kappa shape index (κ1) is 24.4. The van der Waals surface area contributed by atoms with E-state index in [-0.39, 0.29) is 5.97 Å². The van der Waals surface area contributed by atoms with Gasteiger partial charge in [0.2, 0.25) is 0 Å². The molecule has 0 N–H and O–H groups in total. The van der Waals surface area contributed by atoms with Crippen molar-refractivity contribution in [2.24, 2.45) is 10.9 Å². The summed E-state index contributed by atoms with van der Waals surface area (Å²) >= 11 is 0. The first-order chi connectivity index (χ1) is 15.1. The Balaban J connectivity index is 1.80. The molecule has 4 heteroatoms. The number of benzene rings is 2. The average Bonchev–Trinajstić information content (AvgIpc) is 2.81. The van der Waals surface area contributed by atoms with Crippen LogP contribution < -0.4 is 4.74 Å². The van der Waals surface area contributed by atoms with Crippen LogP contribution in [-0.4, -0.2) is 25.4 Å². The highest BCUT2D eigenvalue weighted by atomic mass is 16.5. The number of rotatable bonds is 13. The van der Waals surface area contributed by atoms with Gasteiger partial charge in [-0.1, -0.05) is 58.6 Å². The Hall–Kier alpha value is -2.88. The molecular formula is C27H35NO3. The molecule has 4 nitrogen and oxygen atoms in total. The van der Waals surface area contributed by atoms with Crippen LogP contribution in [0.4, 0.5) is 5.69 Å². The molecule has 0 aromatic heterocycles. The SMILES string of the molecule is CCCCCCOc1ccc(C=Nc2ccc(/C=C/C(=O)OC[C@@H](C)CC)cc2)cc1. The number of ether oxygens (including phenoxy) is 2. The molecule has 0 heterocycles. The normalized spacial score (nSPS) is 12.4. The summed E-state index contributed by atoms with van der Waals surface area (Å²) in [5.74, 6) is 0.969. The van der Waals surface area contributed by atoms with Gasteiger partial charge in [0.1, 0.15) is 5.75 Å². The first-order valence-electron chi connectivity index (χ1n) is 11.3. The van der Waals surface area contributed by atoms with E-state index >= 15 is 0 Å². The molecule has 0 bridgehead atoms. The molecule has 0 amide bonds. The number of hydrogen-bond acceptors (Lipinski definition) is 4. The Labute approximate surface area is 187 Å². The Bertz CT molecular complexity index is 823. The second kappa shape index (κ2) is 14.2. The summed E-state index contributed by atoms with van der Waals surface area (Å²) in [4.78, 5) is 16.3. The van der Waals surface area contributed by atoms with E-state index in [1.165, 1.54) is 25.3 Å². The third-order valence-corrected chi connectivity index (χ3v) is 5.02. The zero-order valence-electron chi connectivity index (χ0n) is 19.0. The second-order valence-electron chi connectivity index (χ2n) is 7.80. The van der Waals surface area contributed by atoms with Gasteiger partial charge in [-0.2, -0.15) is 0 Å². The molecule has 31 heavy (non-hydrogen) atoms. The van der Waals surface area contributed by atoms with Crippen molar-refractivity contribution in [2.45, 2.75) is 52.9 Å². The van der Waals surface area contributed by atoms with Crippen LogP contribution >= 0.6 is 0 Å². The monoisotopic (exact) mass is 421 g/mol. The molecule has 2 rings (SSSR count). The molecule has 0 unspecified atom stereocenters. The van der Waals surface area contributed by atoms with Crippen LogP contribution in [0.15, 0.2) is 59.6 Å². The summed E-state index contributed by atoms with van der Waals surface area (Å²) < 4.78 is 11.0. The molecule has 2 aromatic rings. The zero-order valence-corrected chi connectivity index (χ0v) is 19.0. The molecule has 0 radical (unpaired) electrons. The van der Waals surface area contributed by atoms with Crippen LogP contribution in [0.2, 0.25) is 0 Å². The summed E-state index contributed by atoms with van der Waals surface area (Å²) in [6.45, 7) is 7.58. The number of esters is 1. The van der Waals surface area contributed by atoms with Gasteiger partial charge < -0.3 is 9.47 Å². The van der Waals surface area contributed by atoms with Gasteiger partial charge >= 0.3 is 5.97 Å². The van der Waals surface area contributed by atoms with E-state index in [2.05, 4.69) is 25.8 Å². The van der Waals surface area contributed by atoms with Crippen LogP contribution in [0, 0.1) is 5.92 Å². The largest absolute Gasteiger partial charge is 0.494 e. The Kier molecular flexibility index (Phi) is 11.2. The van der Waals surface area contributed by atoms with Crippen LogP contribution in [-0.2, 0) is 9.53 Å². The minimum absolute atomic E-state index is 0.309. The molecule has 0 saturated heterocycles. The quantitative estimate of drug-likeness (QED) is 0.151. The molecule has 0 saturated carbocycles. The third-order valence-electron chi connectivity index (χ3n) is 5.02. The summed E-state index contributed by atoms with van der Waals surface area (Å²) in [7, 11) is 0. The van der Waals surface area contributed by atoms with E-state index in [0.717, 1.165) is 42.0 Å². The maximum atomic E-state index is 11.7. The minimum atomic E-state index is -0.309. The van der Waals surface area contributed by atoms with Gasteiger partial charge in [-0.15, -0.1) is 0 Å². The van der Waals surface area contributed by atoms with Crippen LogP contribution in [0.25, 0.3) is 6.08 Å². The smallest absolute Gasteiger partial charge is 0.330 e. The fraction of sp³-hybridized carbons (Fsp3) is 0.407. The van der Waals surface area contributed by atoms with E-state index < -0.39 is 0 Å². The van der Waals surface area contributed by atoms with Crippen molar-refractivity contribution < 1.29 is 14.3 Å². The summed E-state index contributed by atoms with van der Waals surface area (Å²) in [6, 6.07) is 15.7. The van der Waals surface area contributed by atoms with Crippen molar-refractivity contribution in [1.82, 2.24) is 0 Å². The fourth-order valence-electron chi connectivity index (χ4n) is 2.74. The van der Waals surface area contributed by atoms with Crippen molar-refractivity contribution in [2.75, 3.05) is 13.2 Å². The summed E-state index contributed by atoms with van der Waals surface area (Å²) in [6.07, 6.45) is 10.9. The molecule has 0 fully saturated rings. The van der Waals surface area contributed by atoms with Crippen molar-refractivity contribution >= 4 is 23.9 Å². The standard InChI is InChI=1S/C27H35NO3/c1-4-6-7-8-19-30-26-16-11-24(12-17-26)20-28-25-14-9-23(10-15-25)13-18-27(29)31-21-22(3)5-2/h9-18,20,22H,4-8,19,21H2,1-3H3/b18-13+,28-20?/t22-/m0/s1. The van der Waals surface area contributed by atoms with Gasteiger partial charge in [-0.05, 0) is 65.9 Å². The van der Waals surface area contributed by atoms with Gasteiger partial charge in [-0.25, -0.2) is 4.79 Å². The van der Waals surface area contributed by atoms with Crippen LogP contribution in [0.5, 0.6) is 5.75 Å². The van der Waals surface area contributed by atoms with Gasteiger partial charge in [0.25, 0.3) is 0 Å². The second-order valence-corrected chi connectivity index (χ2v) is 7.80. The van der Waals surface area contributed by atoms with Gasteiger partial charge in [0, 0.05) is 12.3 Å². The van der Waals surface area contributed by atoms with E-state index in [0.29, 0.717) is 12.5 Å². The number of nitrogens with zero attached hydrogens (tertiary/aromatic N) is 1. The van der Waals surface area contributed by atoms with Crippen molar-refractivity contribution in [3.8, 4) is 5.75 Å². The number of unbranched alkanes of at least 4 members (excludes halogenated alkanes) is 3. The van der Waals surface area contributed by atoms with Gasteiger partial charge in [0.05, 0.1) is 18.9 Å². The van der Waals surface area contributed by atoms with Crippen LogP contribution in [0.3, 0.4) is 0 Å². The lowest BCUT2D eigenvalue weighted by atomic mass is 10.1. The Morgan fingerprint density at radius 3 is 2.35 bits per heavy atom. The van der Waals surface area contributed by atoms with E-state index in [4.69, 9.17) is 9.47 Å². The molecule has 166 valence electrons. The number of carbonyl (C=O) groups excluding carboxylic acids is 1. The van der Waals surface area contributed by atoms with Crippen LogP contribution in [0.1, 0.15) is 64.0 Å². The van der Waals surface area contributed by atoms with Gasteiger partial charge in [-0.3, -0.25) is 4.99 Å². The van der Waals surface area contributed by atoms with E-state index in [1.54, 1.807) is 6.08 Å². The zero-order chi connectivity index (χ0) is 22.3.